The molecule has 0 radical (unpaired) electrons. The van der Waals surface area contributed by atoms with Gasteiger partial charge in [0.2, 0.25) is 0 Å². The highest BCUT2D eigenvalue weighted by atomic mass is 16.1. The summed E-state index contributed by atoms with van der Waals surface area (Å²) in [5, 5.41) is 0. The third-order valence-electron chi connectivity index (χ3n) is 7.59. The largest absolute Gasteiger partial charge is 0.333 e. The minimum Gasteiger partial charge on any atom is -0.295 e. The minimum atomic E-state index is -0.0581. The van der Waals surface area contributed by atoms with Gasteiger partial charge in [0.1, 0.15) is 0 Å². The van der Waals surface area contributed by atoms with Crippen molar-refractivity contribution in [2.24, 2.45) is 7.05 Å². The summed E-state index contributed by atoms with van der Waals surface area (Å²) in [5.41, 5.74) is 11.0. The molecule has 0 aliphatic heterocycles. The van der Waals surface area contributed by atoms with Crippen molar-refractivity contribution in [1.82, 2.24) is 14.1 Å². The number of para-hydroxylation sites is 1. The van der Waals surface area contributed by atoms with E-state index in [-0.39, 0.29) is 5.69 Å². The Morgan fingerprint density at radius 3 is 1.59 bits per heavy atom. The van der Waals surface area contributed by atoms with E-state index in [1.54, 1.807) is 9.13 Å². The molecule has 0 spiro atoms. The van der Waals surface area contributed by atoms with Crippen LogP contribution in [0.1, 0.15) is 0 Å². The van der Waals surface area contributed by atoms with Crippen molar-refractivity contribution in [3.63, 3.8) is 0 Å². The maximum Gasteiger partial charge on any atom is 0.333 e. The van der Waals surface area contributed by atoms with Crippen molar-refractivity contribution < 1.29 is 0 Å². The van der Waals surface area contributed by atoms with Crippen LogP contribution in [0, 0.1) is 0 Å². The fourth-order valence-corrected chi connectivity index (χ4v) is 5.41. The molecule has 4 nitrogen and oxygen atoms in total. The predicted octanol–water partition coefficient (Wildman–Crippen LogP) is 8.39. The molecule has 0 fully saturated rings. The SMILES string of the molecule is Cn1c(=O)n(-c2ccccc2)c2ccc(-c3ccc(-c4cc(-c5ccccc5)cc(-c5ccccc5)n4)cc3)cc21. The Bertz CT molecular complexity index is 1980. The molecule has 0 N–H and O–H groups in total. The Morgan fingerprint density at radius 1 is 0.463 bits per heavy atom. The van der Waals surface area contributed by atoms with Gasteiger partial charge in [-0.05, 0) is 58.7 Å². The molecule has 2 heterocycles. The number of nitrogens with zero attached hydrogens (tertiary/aromatic N) is 3. The summed E-state index contributed by atoms with van der Waals surface area (Å²) >= 11 is 0. The highest BCUT2D eigenvalue weighted by Gasteiger charge is 2.14. The van der Waals surface area contributed by atoms with Crippen LogP contribution in [-0.4, -0.2) is 14.1 Å². The predicted molar refractivity (Wildman–Crippen MR) is 168 cm³/mol. The van der Waals surface area contributed by atoms with Gasteiger partial charge in [0.25, 0.3) is 0 Å². The first-order valence-electron chi connectivity index (χ1n) is 13.7. The van der Waals surface area contributed by atoms with Gasteiger partial charge in [-0.25, -0.2) is 9.78 Å². The lowest BCUT2D eigenvalue weighted by molar-refractivity contribution is 0.846. The van der Waals surface area contributed by atoms with Crippen LogP contribution in [0.4, 0.5) is 0 Å². The molecule has 0 saturated heterocycles. The van der Waals surface area contributed by atoms with Gasteiger partial charge in [0.05, 0.1) is 28.1 Å². The highest BCUT2D eigenvalue weighted by Crippen LogP contribution is 2.32. The van der Waals surface area contributed by atoms with Gasteiger partial charge in [-0.2, -0.15) is 0 Å². The van der Waals surface area contributed by atoms with E-state index >= 15 is 0 Å². The molecule has 0 saturated carbocycles. The van der Waals surface area contributed by atoms with Crippen LogP contribution in [0.5, 0.6) is 0 Å². The second kappa shape index (κ2) is 10.2. The van der Waals surface area contributed by atoms with Crippen molar-refractivity contribution in [2.45, 2.75) is 0 Å². The molecule has 0 amide bonds. The Labute approximate surface area is 238 Å². The molecule has 0 aliphatic rings. The van der Waals surface area contributed by atoms with E-state index in [4.69, 9.17) is 4.98 Å². The van der Waals surface area contributed by atoms with Gasteiger partial charge < -0.3 is 0 Å². The molecule has 196 valence electrons. The Balaban J connectivity index is 1.28. The monoisotopic (exact) mass is 529 g/mol. The molecular formula is C37H27N3O. The van der Waals surface area contributed by atoms with Gasteiger partial charge in [0.15, 0.2) is 0 Å². The van der Waals surface area contributed by atoms with E-state index < -0.39 is 0 Å². The molecule has 7 aromatic rings. The van der Waals surface area contributed by atoms with Crippen LogP contribution in [0.2, 0.25) is 0 Å². The summed E-state index contributed by atoms with van der Waals surface area (Å²) in [6.45, 7) is 0. The molecule has 0 atom stereocenters. The number of pyridine rings is 1. The molecule has 0 aliphatic carbocycles. The second-order valence-electron chi connectivity index (χ2n) is 10.2. The number of imidazole rings is 1. The van der Waals surface area contributed by atoms with Crippen LogP contribution in [-0.2, 0) is 7.05 Å². The number of fused-ring (bicyclic) bond motifs is 1. The van der Waals surface area contributed by atoms with Crippen LogP contribution >= 0.6 is 0 Å². The third kappa shape index (κ3) is 4.56. The van der Waals surface area contributed by atoms with Gasteiger partial charge in [-0.3, -0.25) is 9.13 Å². The van der Waals surface area contributed by atoms with E-state index in [0.717, 1.165) is 61.5 Å². The average molecular weight is 530 g/mol. The number of rotatable bonds is 5. The number of hydrogen-bond acceptors (Lipinski definition) is 2. The van der Waals surface area contributed by atoms with Crippen LogP contribution in [0.25, 0.3) is 61.5 Å². The van der Waals surface area contributed by atoms with Gasteiger partial charge in [-0.1, -0.05) is 109 Å². The fourth-order valence-electron chi connectivity index (χ4n) is 5.41. The van der Waals surface area contributed by atoms with E-state index in [1.165, 1.54) is 0 Å². The van der Waals surface area contributed by atoms with Gasteiger partial charge in [0, 0.05) is 18.2 Å². The maximum absolute atomic E-state index is 13.1. The lowest BCUT2D eigenvalue weighted by Crippen LogP contribution is -2.20. The van der Waals surface area contributed by atoms with Crippen molar-refractivity contribution in [3.8, 4) is 50.5 Å². The number of hydrogen-bond donors (Lipinski definition) is 0. The number of benzene rings is 5. The number of aromatic nitrogens is 3. The first-order valence-corrected chi connectivity index (χ1v) is 13.7. The first kappa shape index (κ1) is 24.6. The summed E-state index contributed by atoms with van der Waals surface area (Å²) < 4.78 is 3.47. The molecule has 2 aromatic heterocycles. The quantitative estimate of drug-likeness (QED) is 0.225. The molecular weight excluding hydrogens is 502 g/mol. The third-order valence-corrected chi connectivity index (χ3v) is 7.59. The van der Waals surface area contributed by atoms with E-state index in [1.807, 2.05) is 67.7 Å². The summed E-state index contributed by atoms with van der Waals surface area (Å²) in [7, 11) is 1.83. The first-order chi connectivity index (χ1) is 20.2. The van der Waals surface area contributed by atoms with Crippen molar-refractivity contribution in [1.29, 1.82) is 0 Å². The summed E-state index contributed by atoms with van der Waals surface area (Å²) in [4.78, 5) is 18.2. The zero-order valence-electron chi connectivity index (χ0n) is 22.6. The maximum atomic E-state index is 13.1. The molecule has 0 unspecified atom stereocenters. The summed E-state index contributed by atoms with van der Waals surface area (Å²) in [5.74, 6) is 0. The van der Waals surface area contributed by atoms with E-state index in [9.17, 15) is 4.79 Å². The molecule has 5 aromatic carbocycles. The summed E-state index contributed by atoms with van der Waals surface area (Å²) in [6, 6.07) is 49.5. The molecule has 0 bridgehead atoms. The van der Waals surface area contributed by atoms with Crippen LogP contribution < -0.4 is 5.69 Å². The topological polar surface area (TPSA) is 39.8 Å². The standard InChI is InChI=1S/C37H27N3O/c1-39-36-25-30(21-22-35(36)40(37(39)41)32-15-9-4-10-16-32)27-17-19-29(20-18-27)34-24-31(26-11-5-2-6-12-26)23-33(38-34)28-13-7-3-8-14-28/h2-25H,1H3. The van der Waals surface area contributed by atoms with Crippen molar-refractivity contribution in [2.75, 3.05) is 0 Å². The zero-order chi connectivity index (χ0) is 27.8. The van der Waals surface area contributed by atoms with Crippen LogP contribution in [0.15, 0.2) is 150 Å². The Kier molecular flexibility index (Phi) is 6.14. The second-order valence-corrected chi connectivity index (χ2v) is 10.2. The van der Waals surface area contributed by atoms with Crippen molar-refractivity contribution in [3.05, 3.63) is 156 Å². The highest BCUT2D eigenvalue weighted by molar-refractivity contribution is 5.85. The fraction of sp³-hybridized carbons (Fsp3) is 0.0270. The lowest BCUT2D eigenvalue weighted by Gasteiger charge is -2.11. The van der Waals surface area contributed by atoms with Crippen molar-refractivity contribution >= 4 is 11.0 Å². The lowest BCUT2D eigenvalue weighted by atomic mass is 9.98. The van der Waals surface area contributed by atoms with Crippen LogP contribution in [0.3, 0.4) is 0 Å². The smallest absolute Gasteiger partial charge is 0.295 e. The Morgan fingerprint density at radius 2 is 0.951 bits per heavy atom. The molecule has 7 rings (SSSR count). The van der Waals surface area contributed by atoms with E-state index in [2.05, 4.69) is 84.9 Å². The zero-order valence-corrected chi connectivity index (χ0v) is 22.6. The van der Waals surface area contributed by atoms with E-state index in [0.29, 0.717) is 0 Å². The molecule has 4 heteroatoms. The summed E-state index contributed by atoms with van der Waals surface area (Å²) in [6.07, 6.45) is 0. The van der Waals surface area contributed by atoms with Gasteiger partial charge >= 0.3 is 5.69 Å². The minimum absolute atomic E-state index is 0.0581. The Hall–Kier alpha value is -5.48. The average Bonchev–Trinajstić information content (AvgIpc) is 3.30. The van der Waals surface area contributed by atoms with Gasteiger partial charge in [-0.15, -0.1) is 0 Å². The number of aryl methyl sites for hydroxylation is 1. The molecule has 41 heavy (non-hydrogen) atoms. The normalized spacial score (nSPS) is 11.1.